The summed E-state index contributed by atoms with van der Waals surface area (Å²) in [5.41, 5.74) is 0. The number of hydrogen-bond acceptors (Lipinski definition) is 3. The van der Waals surface area contributed by atoms with Gasteiger partial charge in [-0.2, -0.15) is 5.26 Å². The first-order valence-corrected chi connectivity index (χ1v) is 6.74. The maximum Gasteiger partial charge on any atom is 0.183 e. The molecule has 1 saturated carbocycles. The van der Waals surface area contributed by atoms with Crippen LogP contribution >= 0.6 is 11.8 Å². The van der Waals surface area contributed by atoms with Crippen molar-refractivity contribution in [1.82, 2.24) is 5.32 Å². The standard InChI is InChI=1S/C11H19N3S/c1-9-5-3-4-6-10(9)7-13-11(15-2)14-8-12/h9-10H,3-7H2,1-2H3,(H,13,14). The van der Waals surface area contributed by atoms with Gasteiger partial charge in [0, 0.05) is 6.54 Å². The van der Waals surface area contributed by atoms with Gasteiger partial charge >= 0.3 is 0 Å². The van der Waals surface area contributed by atoms with Crippen LogP contribution in [0.15, 0.2) is 4.99 Å². The second-order valence-electron chi connectivity index (χ2n) is 4.11. The van der Waals surface area contributed by atoms with E-state index in [9.17, 15) is 0 Å². The van der Waals surface area contributed by atoms with Crippen molar-refractivity contribution < 1.29 is 0 Å². The van der Waals surface area contributed by atoms with Gasteiger partial charge in [-0.25, -0.2) is 0 Å². The summed E-state index contributed by atoms with van der Waals surface area (Å²) in [6.45, 7) is 3.18. The average molecular weight is 225 g/mol. The molecule has 0 saturated heterocycles. The Morgan fingerprint density at radius 1 is 1.53 bits per heavy atom. The summed E-state index contributed by atoms with van der Waals surface area (Å²) in [6.07, 6.45) is 9.18. The minimum Gasteiger partial charge on any atom is -0.272 e. The van der Waals surface area contributed by atoms with Crippen LogP contribution in [0.1, 0.15) is 32.6 Å². The molecular formula is C11H19N3S. The van der Waals surface area contributed by atoms with Crippen molar-refractivity contribution in [2.24, 2.45) is 16.8 Å². The lowest BCUT2D eigenvalue weighted by molar-refractivity contribution is 0.264. The third-order valence-corrected chi connectivity index (χ3v) is 3.73. The number of nitriles is 1. The summed E-state index contributed by atoms with van der Waals surface area (Å²) < 4.78 is 0. The fraction of sp³-hybridized carbons (Fsp3) is 0.818. The van der Waals surface area contributed by atoms with Gasteiger partial charge in [0.2, 0.25) is 0 Å². The van der Waals surface area contributed by atoms with Crippen LogP contribution in [0.5, 0.6) is 0 Å². The molecule has 0 aromatic carbocycles. The van der Waals surface area contributed by atoms with Crippen molar-refractivity contribution in [1.29, 1.82) is 5.26 Å². The Hall–Kier alpha value is -0.690. The highest BCUT2D eigenvalue weighted by atomic mass is 32.2. The van der Waals surface area contributed by atoms with Crippen molar-refractivity contribution >= 4 is 16.9 Å². The van der Waals surface area contributed by atoms with E-state index in [0.717, 1.165) is 17.6 Å². The molecule has 1 N–H and O–H groups in total. The van der Waals surface area contributed by atoms with E-state index in [1.165, 1.54) is 37.4 Å². The van der Waals surface area contributed by atoms with Gasteiger partial charge in [-0.15, -0.1) is 0 Å². The molecule has 2 unspecified atom stereocenters. The van der Waals surface area contributed by atoms with Crippen LogP contribution < -0.4 is 5.32 Å². The van der Waals surface area contributed by atoms with E-state index >= 15 is 0 Å². The number of rotatable bonds is 2. The maximum absolute atomic E-state index is 8.50. The zero-order valence-electron chi connectivity index (χ0n) is 9.49. The molecule has 0 aromatic rings. The largest absolute Gasteiger partial charge is 0.272 e. The van der Waals surface area contributed by atoms with E-state index in [1.54, 1.807) is 0 Å². The van der Waals surface area contributed by atoms with E-state index in [4.69, 9.17) is 5.26 Å². The van der Waals surface area contributed by atoms with Crippen molar-refractivity contribution in [3.8, 4) is 6.19 Å². The summed E-state index contributed by atoms with van der Waals surface area (Å²) in [6, 6.07) is 0. The van der Waals surface area contributed by atoms with Gasteiger partial charge in [0.1, 0.15) is 0 Å². The van der Waals surface area contributed by atoms with Crippen molar-refractivity contribution in [3.63, 3.8) is 0 Å². The first-order valence-electron chi connectivity index (χ1n) is 5.51. The van der Waals surface area contributed by atoms with Crippen LogP contribution in [-0.4, -0.2) is 18.0 Å². The molecule has 0 heterocycles. The molecule has 1 fully saturated rings. The molecule has 3 nitrogen and oxygen atoms in total. The average Bonchev–Trinajstić information content (AvgIpc) is 2.26. The predicted octanol–water partition coefficient (Wildman–Crippen LogP) is 2.60. The first-order chi connectivity index (χ1) is 7.27. The summed E-state index contributed by atoms with van der Waals surface area (Å²) >= 11 is 1.50. The van der Waals surface area contributed by atoms with Crippen LogP contribution in [0.2, 0.25) is 0 Å². The summed E-state index contributed by atoms with van der Waals surface area (Å²) in [5.74, 6) is 1.49. The lowest BCUT2D eigenvalue weighted by Crippen LogP contribution is -2.21. The molecule has 84 valence electrons. The normalized spacial score (nSPS) is 27.1. The predicted molar refractivity (Wildman–Crippen MR) is 65.7 cm³/mol. The number of nitrogens with one attached hydrogen (secondary N) is 1. The quantitative estimate of drug-likeness (QED) is 0.340. The monoisotopic (exact) mass is 225 g/mol. The molecular weight excluding hydrogens is 206 g/mol. The zero-order valence-corrected chi connectivity index (χ0v) is 10.3. The van der Waals surface area contributed by atoms with Crippen molar-refractivity contribution in [2.75, 3.05) is 12.8 Å². The molecule has 0 aliphatic heterocycles. The smallest absolute Gasteiger partial charge is 0.183 e. The van der Waals surface area contributed by atoms with Gasteiger partial charge in [0.25, 0.3) is 0 Å². The maximum atomic E-state index is 8.50. The number of hydrogen-bond donors (Lipinski definition) is 1. The Balaban J connectivity index is 2.42. The zero-order chi connectivity index (χ0) is 11.1. The molecule has 1 aliphatic carbocycles. The lowest BCUT2D eigenvalue weighted by Gasteiger charge is -2.27. The topological polar surface area (TPSA) is 48.2 Å². The van der Waals surface area contributed by atoms with Crippen LogP contribution in [0.4, 0.5) is 0 Å². The minimum absolute atomic E-state index is 0.710. The highest BCUT2D eigenvalue weighted by Gasteiger charge is 2.20. The Morgan fingerprint density at radius 3 is 2.87 bits per heavy atom. The molecule has 15 heavy (non-hydrogen) atoms. The third-order valence-electron chi connectivity index (χ3n) is 3.11. The Bertz CT molecular complexity index is 257. The van der Waals surface area contributed by atoms with Gasteiger partial charge in [-0.1, -0.05) is 37.9 Å². The van der Waals surface area contributed by atoms with Gasteiger partial charge in [-0.05, 0) is 24.5 Å². The van der Waals surface area contributed by atoms with Crippen LogP contribution in [-0.2, 0) is 0 Å². The fourth-order valence-electron chi connectivity index (χ4n) is 2.07. The lowest BCUT2D eigenvalue weighted by atomic mass is 9.80. The van der Waals surface area contributed by atoms with Crippen molar-refractivity contribution in [3.05, 3.63) is 0 Å². The molecule has 1 aliphatic rings. The molecule has 0 radical (unpaired) electrons. The molecule has 2 atom stereocenters. The van der Waals surface area contributed by atoms with Crippen molar-refractivity contribution in [2.45, 2.75) is 32.6 Å². The molecule has 0 aromatic heterocycles. The highest BCUT2D eigenvalue weighted by Crippen LogP contribution is 2.29. The van der Waals surface area contributed by atoms with Crippen LogP contribution in [0.3, 0.4) is 0 Å². The number of thioether (sulfide) groups is 1. The van der Waals surface area contributed by atoms with E-state index in [1.807, 2.05) is 12.4 Å². The molecule has 1 rings (SSSR count). The second-order valence-corrected chi connectivity index (χ2v) is 4.90. The SMILES string of the molecule is CSC(=NCC1CCCCC1C)NC#N. The van der Waals surface area contributed by atoms with Gasteiger partial charge in [0.15, 0.2) is 11.4 Å². The summed E-state index contributed by atoms with van der Waals surface area (Å²) in [4.78, 5) is 4.45. The second kappa shape index (κ2) is 6.73. The molecule has 0 amide bonds. The highest BCUT2D eigenvalue weighted by molar-refractivity contribution is 8.13. The summed E-state index contributed by atoms with van der Waals surface area (Å²) in [5, 5.41) is 11.9. The van der Waals surface area contributed by atoms with E-state index < -0.39 is 0 Å². The van der Waals surface area contributed by atoms with E-state index in [-0.39, 0.29) is 0 Å². The molecule has 0 spiro atoms. The Labute approximate surface area is 96.3 Å². The fourth-order valence-corrected chi connectivity index (χ4v) is 2.42. The Morgan fingerprint density at radius 2 is 2.27 bits per heavy atom. The summed E-state index contributed by atoms with van der Waals surface area (Å²) in [7, 11) is 0. The Kier molecular flexibility index (Phi) is 5.56. The third kappa shape index (κ3) is 4.13. The first kappa shape index (κ1) is 12.4. The minimum atomic E-state index is 0.710. The van der Waals surface area contributed by atoms with Gasteiger partial charge < -0.3 is 0 Å². The van der Waals surface area contributed by atoms with Crippen LogP contribution in [0, 0.1) is 23.3 Å². The van der Waals surface area contributed by atoms with Gasteiger partial charge in [0.05, 0.1) is 0 Å². The molecule has 4 heteroatoms. The van der Waals surface area contributed by atoms with Gasteiger partial charge in [-0.3, -0.25) is 10.3 Å². The number of nitrogens with zero attached hydrogens (tertiary/aromatic N) is 2. The van der Waals surface area contributed by atoms with Crippen LogP contribution in [0.25, 0.3) is 0 Å². The van der Waals surface area contributed by atoms with E-state index in [0.29, 0.717) is 5.92 Å². The number of aliphatic imine (C=N–C) groups is 1. The van der Waals surface area contributed by atoms with E-state index in [2.05, 4.69) is 17.2 Å². The number of amidine groups is 1. The molecule has 0 bridgehead atoms.